The quantitative estimate of drug-likeness (QED) is 0.276. The van der Waals surface area contributed by atoms with Crippen LogP contribution in [0.2, 0.25) is 0 Å². The number of anilines is 1. The molecule has 0 aliphatic heterocycles. The number of hydrogen-bond acceptors (Lipinski definition) is 9. The molecule has 1 amide bonds. The van der Waals surface area contributed by atoms with Gasteiger partial charge in [-0.25, -0.2) is 4.98 Å². The fourth-order valence-corrected chi connectivity index (χ4v) is 3.51. The number of hydrogen-bond donors (Lipinski definition) is 2. The van der Waals surface area contributed by atoms with E-state index in [2.05, 4.69) is 25.5 Å². The van der Waals surface area contributed by atoms with E-state index in [1.165, 1.54) is 24.4 Å². The molecule has 0 bridgehead atoms. The Labute approximate surface area is 160 Å². The van der Waals surface area contributed by atoms with E-state index in [4.69, 9.17) is 0 Å². The molecule has 12 heteroatoms. The maximum Gasteiger partial charge on any atom is 0.270 e. The smallest absolute Gasteiger partial charge is 0.270 e. The van der Waals surface area contributed by atoms with Crippen molar-refractivity contribution >= 4 is 39.8 Å². The van der Waals surface area contributed by atoms with E-state index in [1.54, 1.807) is 19.1 Å². The summed E-state index contributed by atoms with van der Waals surface area (Å²) in [6.45, 7) is 1.66. The van der Waals surface area contributed by atoms with Crippen molar-refractivity contribution in [3.05, 3.63) is 57.0 Å². The number of nitrogens with one attached hydrogen (secondary N) is 2. The number of thioether (sulfide) groups is 1. The second-order valence-corrected chi connectivity index (χ2v) is 7.52. The van der Waals surface area contributed by atoms with Gasteiger partial charge in [-0.05, 0) is 6.92 Å². The predicted octanol–water partition coefficient (Wildman–Crippen LogP) is 2.32. The number of nitro groups is 1. The van der Waals surface area contributed by atoms with Gasteiger partial charge in [0.25, 0.3) is 11.2 Å². The Balaban J connectivity index is 1.68. The van der Waals surface area contributed by atoms with Crippen LogP contribution in [-0.4, -0.2) is 36.2 Å². The first-order valence-corrected chi connectivity index (χ1v) is 9.23. The first-order valence-electron chi connectivity index (χ1n) is 7.53. The molecule has 0 aliphatic carbocycles. The van der Waals surface area contributed by atoms with Crippen LogP contribution in [0, 0.1) is 10.1 Å². The molecule has 27 heavy (non-hydrogen) atoms. The average molecular weight is 404 g/mol. The van der Waals surface area contributed by atoms with E-state index in [-0.39, 0.29) is 22.3 Å². The van der Waals surface area contributed by atoms with Gasteiger partial charge in [-0.3, -0.25) is 25.0 Å². The summed E-state index contributed by atoms with van der Waals surface area (Å²) in [5.74, 6) is -0.340. The molecule has 0 aliphatic rings. The van der Waals surface area contributed by atoms with E-state index in [9.17, 15) is 19.7 Å². The minimum absolute atomic E-state index is 0.0531. The molecule has 10 nitrogen and oxygen atoms in total. The summed E-state index contributed by atoms with van der Waals surface area (Å²) in [6, 6.07) is 7.29. The van der Waals surface area contributed by atoms with Crippen molar-refractivity contribution < 1.29 is 9.72 Å². The van der Waals surface area contributed by atoms with E-state index in [0.717, 1.165) is 23.1 Å². The molecule has 0 spiro atoms. The highest BCUT2D eigenvalue weighted by Crippen LogP contribution is 2.29. The van der Waals surface area contributed by atoms with Gasteiger partial charge in [0.2, 0.25) is 11.0 Å². The minimum atomic E-state index is -0.541. The molecular weight excluding hydrogens is 392 g/mol. The molecule has 0 saturated heterocycles. The molecule has 3 rings (SSSR count). The fourth-order valence-electron chi connectivity index (χ4n) is 1.98. The Kier molecular flexibility index (Phi) is 5.57. The van der Waals surface area contributed by atoms with Crippen LogP contribution in [-0.2, 0) is 4.79 Å². The van der Waals surface area contributed by atoms with Crippen molar-refractivity contribution in [1.29, 1.82) is 0 Å². The summed E-state index contributed by atoms with van der Waals surface area (Å²) >= 11 is 2.20. The van der Waals surface area contributed by atoms with Gasteiger partial charge >= 0.3 is 0 Å². The summed E-state index contributed by atoms with van der Waals surface area (Å²) in [7, 11) is 0. The summed E-state index contributed by atoms with van der Waals surface area (Å²) < 4.78 is 0. The van der Waals surface area contributed by atoms with Crippen molar-refractivity contribution in [2.24, 2.45) is 0 Å². The van der Waals surface area contributed by atoms with Crippen molar-refractivity contribution in [2.45, 2.75) is 17.3 Å². The highest BCUT2D eigenvalue weighted by atomic mass is 32.2. The van der Waals surface area contributed by atoms with Gasteiger partial charge in [0.15, 0.2) is 5.16 Å². The van der Waals surface area contributed by atoms with Crippen molar-refractivity contribution in [1.82, 2.24) is 20.2 Å². The molecule has 2 heterocycles. The van der Waals surface area contributed by atoms with E-state index in [1.807, 2.05) is 0 Å². The highest BCUT2D eigenvalue weighted by Gasteiger charge is 2.18. The lowest BCUT2D eigenvalue weighted by Crippen LogP contribution is -2.23. The lowest BCUT2D eigenvalue weighted by atomic mass is 10.2. The van der Waals surface area contributed by atoms with Crippen LogP contribution in [0.25, 0.3) is 10.6 Å². The molecule has 0 fully saturated rings. The number of aromatic nitrogens is 4. The number of H-pyrrole nitrogens is 1. The molecule has 1 unspecified atom stereocenters. The third-order valence-corrected chi connectivity index (χ3v) is 5.15. The first kappa shape index (κ1) is 18.7. The third-order valence-electron chi connectivity index (χ3n) is 3.26. The first-order chi connectivity index (χ1) is 12.9. The Morgan fingerprint density at radius 1 is 1.37 bits per heavy atom. The second-order valence-electron chi connectivity index (χ2n) is 5.21. The van der Waals surface area contributed by atoms with Gasteiger partial charge in [-0.1, -0.05) is 35.2 Å². The monoisotopic (exact) mass is 404 g/mol. The van der Waals surface area contributed by atoms with Gasteiger partial charge in [0.1, 0.15) is 5.01 Å². The SMILES string of the molecule is CC(Sc1nccc(=O)[nH]1)C(=O)Nc1nnc(-c2cccc([N+](=O)[O-])c2)s1. The van der Waals surface area contributed by atoms with Crippen molar-refractivity contribution in [3.63, 3.8) is 0 Å². The van der Waals surface area contributed by atoms with Crippen molar-refractivity contribution in [3.8, 4) is 10.6 Å². The number of carbonyl (C=O) groups is 1. The Hall–Kier alpha value is -3.12. The number of rotatable bonds is 6. The number of aromatic amines is 1. The predicted molar refractivity (Wildman–Crippen MR) is 101 cm³/mol. The van der Waals surface area contributed by atoms with Crippen LogP contribution in [0.15, 0.2) is 46.5 Å². The van der Waals surface area contributed by atoms with Crippen LogP contribution in [0.4, 0.5) is 10.8 Å². The topological polar surface area (TPSA) is 144 Å². The van der Waals surface area contributed by atoms with Crippen molar-refractivity contribution in [2.75, 3.05) is 5.32 Å². The van der Waals surface area contributed by atoms with Gasteiger partial charge < -0.3 is 4.98 Å². The van der Waals surface area contributed by atoms with Gasteiger partial charge in [0, 0.05) is 30.0 Å². The fraction of sp³-hybridized carbons (Fsp3) is 0.133. The second kappa shape index (κ2) is 8.05. The molecular formula is C15H12N6O4S2. The zero-order chi connectivity index (χ0) is 19.4. The minimum Gasteiger partial charge on any atom is -0.301 e. The lowest BCUT2D eigenvalue weighted by Gasteiger charge is -2.08. The van der Waals surface area contributed by atoms with Crippen LogP contribution >= 0.6 is 23.1 Å². The summed E-state index contributed by atoms with van der Waals surface area (Å²) in [6.07, 6.45) is 1.36. The third kappa shape index (κ3) is 4.74. The summed E-state index contributed by atoms with van der Waals surface area (Å²) in [5, 5.41) is 21.9. The number of non-ortho nitro benzene ring substituents is 1. The van der Waals surface area contributed by atoms with Crippen LogP contribution in [0.3, 0.4) is 0 Å². The van der Waals surface area contributed by atoms with E-state index >= 15 is 0 Å². The maximum atomic E-state index is 12.3. The molecule has 2 N–H and O–H groups in total. The summed E-state index contributed by atoms with van der Waals surface area (Å²) in [4.78, 5) is 40.4. The van der Waals surface area contributed by atoms with Gasteiger partial charge in [-0.15, -0.1) is 10.2 Å². The molecule has 2 aromatic heterocycles. The standard InChI is InChI=1S/C15H12N6O4S2/c1-8(26-14-16-6-5-11(22)17-14)12(23)18-15-20-19-13(27-15)9-3-2-4-10(7-9)21(24)25/h2-8H,1H3,(H,16,17,22)(H,18,20,23). The molecule has 0 radical (unpaired) electrons. The summed E-state index contributed by atoms with van der Waals surface area (Å²) in [5.41, 5.74) is 0.184. The number of amides is 1. The van der Waals surface area contributed by atoms with E-state index < -0.39 is 10.2 Å². The highest BCUT2D eigenvalue weighted by molar-refractivity contribution is 8.00. The largest absolute Gasteiger partial charge is 0.301 e. The number of benzene rings is 1. The average Bonchev–Trinajstić information content (AvgIpc) is 3.10. The van der Waals surface area contributed by atoms with Gasteiger partial charge in [0.05, 0.1) is 10.2 Å². The Bertz CT molecular complexity index is 1050. The molecule has 1 atom stereocenters. The van der Waals surface area contributed by atoms with E-state index in [0.29, 0.717) is 15.7 Å². The zero-order valence-corrected chi connectivity index (χ0v) is 15.4. The lowest BCUT2D eigenvalue weighted by molar-refractivity contribution is -0.384. The Morgan fingerprint density at radius 3 is 2.93 bits per heavy atom. The van der Waals surface area contributed by atoms with Crippen LogP contribution in [0.5, 0.6) is 0 Å². The normalized spacial score (nSPS) is 11.7. The molecule has 3 aromatic rings. The van der Waals surface area contributed by atoms with Gasteiger partial charge in [-0.2, -0.15) is 0 Å². The maximum absolute atomic E-state index is 12.3. The molecule has 138 valence electrons. The number of nitro benzene ring substituents is 1. The zero-order valence-electron chi connectivity index (χ0n) is 13.8. The Morgan fingerprint density at radius 2 is 2.19 bits per heavy atom. The molecule has 1 aromatic carbocycles. The number of carbonyl (C=O) groups excluding carboxylic acids is 1. The molecule has 0 saturated carbocycles. The van der Waals surface area contributed by atoms with Crippen LogP contribution < -0.4 is 10.9 Å². The number of nitrogens with zero attached hydrogens (tertiary/aromatic N) is 4. The van der Waals surface area contributed by atoms with Crippen LogP contribution in [0.1, 0.15) is 6.92 Å².